The maximum atomic E-state index is 3.94. The standard InChI is InChI=1S/C42H39N/c1-6-7-15-35-34-23-21-30(25-38(34)42(5)26-27(2)40(35)42)43(39-19-12-14-28-13-8-9-16-31(28)39)29-20-22-33-32-17-10-11-18-36(32)41(3,4)37(33)24-29/h6-10,12-17,19-25,27H,1,11,18,26H2,2-5H3/b15-7-. The minimum Gasteiger partial charge on any atom is -0.310 e. The van der Waals surface area contributed by atoms with Crippen molar-refractivity contribution in [2.45, 2.75) is 57.8 Å². The molecule has 0 amide bonds. The molecule has 0 aliphatic heterocycles. The Morgan fingerprint density at radius 1 is 0.860 bits per heavy atom. The Kier molecular flexibility index (Phi) is 5.70. The molecule has 4 aromatic carbocycles. The molecule has 0 heterocycles. The molecule has 2 unspecified atom stereocenters. The largest absolute Gasteiger partial charge is 0.310 e. The summed E-state index contributed by atoms with van der Waals surface area (Å²) in [6.07, 6.45) is 14.4. The van der Waals surface area contributed by atoms with E-state index in [1.54, 1.807) is 11.1 Å². The lowest BCUT2D eigenvalue weighted by molar-refractivity contribution is 0.308. The molecule has 0 saturated heterocycles. The number of nitrogens with zero attached hydrogens (tertiary/aromatic N) is 1. The molecule has 8 rings (SSSR count). The first-order valence-corrected chi connectivity index (χ1v) is 15.8. The molecule has 43 heavy (non-hydrogen) atoms. The summed E-state index contributed by atoms with van der Waals surface area (Å²) < 4.78 is 0. The molecule has 0 bridgehead atoms. The highest BCUT2D eigenvalue weighted by Crippen LogP contribution is 2.62. The van der Waals surface area contributed by atoms with Gasteiger partial charge in [0.25, 0.3) is 0 Å². The average molecular weight is 558 g/mol. The van der Waals surface area contributed by atoms with Gasteiger partial charge in [-0.3, -0.25) is 0 Å². The van der Waals surface area contributed by atoms with E-state index < -0.39 is 0 Å². The van der Waals surface area contributed by atoms with Crippen molar-refractivity contribution in [3.63, 3.8) is 0 Å². The molecule has 0 aromatic heterocycles. The second kappa shape index (κ2) is 9.32. The van der Waals surface area contributed by atoms with E-state index in [0.717, 1.165) is 12.8 Å². The Bertz CT molecular complexity index is 1970. The number of fused-ring (bicyclic) bond motifs is 6. The van der Waals surface area contributed by atoms with Gasteiger partial charge >= 0.3 is 0 Å². The summed E-state index contributed by atoms with van der Waals surface area (Å²) in [4.78, 5) is 2.51. The summed E-state index contributed by atoms with van der Waals surface area (Å²) in [6.45, 7) is 13.6. The third-order valence-corrected chi connectivity index (χ3v) is 10.8. The molecule has 4 aliphatic carbocycles. The zero-order chi connectivity index (χ0) is 29.5. The van der Waals surface area contributed by atoms with Crippen LogP contribution in [0.25, 0.3) is 21.9 Å². The van der Waals surface area contributed by atoms with Crippen LogP contribution < -0.4 is 4.90 Å². The van der Waals surface area contributed by atoms with E-state index in [2.05, 4.69) is 142 Å². The maximum absolute atomic E-state index is 3.94. The first kappa shape index (κ1) is 26.3. The minimum absolute atomic E-state index is 0.0224. The van der Waals surface area contributed by atoms with Crippen molar-refractivity contribution in [2.24, 2.45) is 5.92 Å². The number of rotatable bonds is 5. The third kappa shape index (κ3) is 3.64. The highest BCUT2D eigenvalue weighted by atomic mass is 15.1. The van der Waals surface area contributed by atoms with Crippen LogP contribution >= 0.6 is 0 Å². The molecule has 0 radical (unpaired) electrons. The van der Waals surface area contributed by atoms with Crippen molar-refractivity contribution in [2.75, 3.05) is 4.90 Å². The van der Waals surface area contributed by atoms with Gasteiger partial charge in [0.05, 0.1) is 5.69 Å². The van der Waals surface area contributed by atoms with Crippen LogP contribution in [0, 0.1) is 5.92 Å². The molecule has 1 nitrogen and oxygen atoms in total. The van der Waals surface area contributed by atoms with Gasteiger partial charge in [-0.25, -0.2) is 0 Å². The van der Waals surface area contributed by atoms with Gasteiger partial charge in [-0.2, -0.15) is 0 Å². The third-order valence-electron chi connectivity index (χ3n) is 10.8. The summed E-state index contributed by atoms with van der Waals surface area (Å²) >= 11 is 0. The lowest BCUT2D eigenvalue weighted by atomic mass is 9.58. The van der Waals surface area contributed by atoms with Crippen molar-refractivity contribution >= 4 is 39.0 Å². The summed E-state index contributed by atoms with van der Waals surface area (Å²) in [5.74, 6) is 0.603. The van der Waals surface area contributed by atoms with E-state index >= 15 is 0 Å². The molecule has 0 spiro atoms. The fourth-order valence-electron chi connectivity index (χ4n) is 8.89. The first-order valence-electron chi connectivity index (χ1n) is 15.8. The molecule has 1 saturated carbocycles. The van der Waals surface area contributed by atoms with E-state index in [-0.39, 0.29) is 10.8 Å². The number of hydrogen-bond acceptors (Lipinski definition) is 1. The Hall–Kier alpha value is -4.36. The van der Waals surface area contributed by atoms with E-state index in [0.29, 0.717) is 5.92 Å². The molecule has 4 aromatic rings. The molecule has 4 aliphatic rings. The molecule has 2 atom stereocenters. The van der Waals surface area contributed by atoms with Gasteiger partial charge in [0.1, 0.15) is 0 Å². The predicted octanol–water partition coefficient (Wildman–Crippen LogP) is 11.5. The topological polar surface area (TPSA) is 3.24 Å². The molecule has 0 N–H and O–H groups in total. The summed E-state index contributed by atoms with van der Waals surface area (Å²) in [7, 11) is 0. The zero-order valence-corrected chi connectivity index (χ0v) is 25.7. The molecular weight excluding hydrogens is 518 g/mol. The van der Waals surface area contributed by atoms with Crippen molar-refractivity contribution in [3.8, 4) is 0 Å². The molecule has 1 fully saturated rings. The fourth-order valence-corrected chi connectivity index (χ4v) is 8.89. The van der Waals surface area contributed by atoms with E-state index in [1.807, 2.05) is 6.08 Å². The van der Waals surface area contributed by atoms with Crippen LogP contribution in [-0.4, -0.2) is 0 Å². The number of anilines is 3. The van der Waals surface area contributed by atoms with Crippen molar-refractivity contribution in [1.82, 2.24) is 0 Å². The van der Waals surface area contributed by atoms with Crippen molar-refractivity contribution < 1.29 is 0 Å². The van der Waals surface area contributed by atoms with E-state index in [4.69, 9.17) is 0 Å². The Morgan fingerprint density at radius 2 is 1.60 bits per heavy atom. The normalized spacial score (nSPS) is 22.8. The van der Waals surface area contributed by atoms with Crippen LogP contribution in [0.2, 0.25) is 0 Å². The van der Waals surface area contributed by atoms with Crippen LogP contribution in [0.15, 0.2) is 127 Å². The highest BCUT2D eigenvalue weighted by molar-refractivity contribution is 6.00. The number of allylic oxidation sites excluding steroid dienone is 9. The van der Waals surface area contributed by atoms with Crippen molar-refractivity contribution in [1.29, 1.82) is 0 Å². The first-order chi connectivity index (χ1) is 20.8. The SMILES string of the molecule is C=C/C=C\C1=C2C(C)CC2(C)c2cc(N(c3ccc4c(c3)C(C)(C)C3=C4C=CCC3)c3cccc4ccccc34)ccc21. The highest BCUT2D eigenvalue weighted by Gasteiger charge is 2.51. The molecule has 1 heteroatoms. The molecule has 212 valence electrons. The van der Waals surface area contributed by atoms with Gasteiger partial charge in [-0.1, -0.05) is 119 Å². The van der Waals surface area contributed by atoms with Crippen LogP contribution in [-0.2, 0) is 10.8 Å². The van der Waals surface area contributed by atoms with Gasteiger partial charge < -0.3 is 4.90 Å². The lowest BCUT2D eigenvalue weighted by Crippen LogP contribution is -2.38. The predicted molar refractivity (Wildman–Crippen MR) is 184 cm³/mol. The monoisotopic (exact) mass is 557 g/mol. The van der Waals surface area contributed by atoms with Gasteiger partial charge in [-0.15, -0.1) is 0 Å². The van der Waals surface area contributed by atoms with Gasteiger partial charge in [0.2, 0.25) is 0 Å². The fraction of sp³-hybridized carbons (Fsp3) is 0.238. The van der Waals surface area contributed by atoms with Crippen LogP contribution in [0.5, 0.6) is 0 Å². The van der Waals surface area contributed by atoms with Crippen LogP contribution in [0.3, 0.4) is 0 Å². The number of benzene rings is 4. The lowest BCUT2D eigenvalue weighted by Gasteiger charge is -2.45. The quantitative estimate of drug-likeness (QED) is 0.221. The molecular formula is C42H39N. The summed E-state index contributed by atoms with van der Waals surface area (Å²) in [5, 5.41) is 2.53. The van der Waals surface area contributed by atoms with Crippen LogP contribution in [0.4, 0.5) is 17.1 Å². The zero-order valence-electron chi connectivity index (χ0n) is 25.7. The second-order valence-electron chi connectivity index (χ2n) is 13.6. The van der Waals surface area contributed by atoms with Gasteiger partial charge in [-0.05, 0) is 99.9 Å². The Balaban J connectivity index is 1.33. The Labute approximate surface area is 256 Å². The van der Waals surface area contributed by atoms with Crippen molar-refractivity contribution in [3.05, 3.63) is 149 Å². The van der Waals surface area contributed by atoms with Crippen LogP contribution in [0.1, 0.15) is 69.2 Å². The maximum Gasteiger partial charge on any atom is 0.0540 e. The van der Waals surface area contributed by atoms with E-state index in [9.17, 15) is 0 Å². The minimum atomic E-state index is 0.0224. The van der Waals surface area contributed by atoms with E-state index in [1.165, 1.54) is 67.7 Å². The smallest absolute Gasteiger partial charge is 0.0540 e. The summed E-state index contributed by atoms with van der Waals surface area (Å²) in [5.41, 5.74) is 15.4. The average Bonchev–Trinajstić information content (AvgIpc) is 3.36. The number of hydrogen-bond donors (Lipinski definition) is 0. The summed E-state index contributed by atoms with van der Waals surface area (Å²) in [6, 6.07) is 29.9. The second-order valence-corrected chi connectivity index (χ2v) is 13.6. The van der Waals surface area contributed by atoms with Gasteiger partial charge in [0.15, 0.2) is 0 Å². The van der Waals surface area contributed by atoms with Gasteiger partial charge in [0, 0.05) is 27.6 Å². The Morgan fingerprint density at radius 3 is 2.40 bits per heavy atom.